The van der Waals surface area contributed by atoms with Gasteiger partial charge < -0.3 is 15.5 Å². The maximum absolute atomic E-state index is 13.8. The molecule has 0 fully saturated rings. The Morgan fingerprint density at radius 1 is 1.05 bits per heavy atom. The molecule has 0 unspecified atom stereocenters. The second-order valence-corrected chi connectivity index (χ2v) is 8.74. The molecular weight excluding hydrogens is 537 g/mol. The van der Waals surface area contributed by atoms with Crippen molar-refractivity contribution in [2.75, 3.05) is 11.9 Å². The number of amides is 1. The number of nitrogens with zero attached hydrogens (tertiary/aromatic N) is 5. The van der Waals surface area contributed by atoms with Crippen LogP contribution in [0.1, 0.15) is 27.6 Å². The Hall–Kier alpha value is -4.39. The predicted octanol–water partition coefficient (Wildman–Crippen LogP) is 4.83. The van der Waals surface area contributed by atoms with E-state index < -0.39 is 40.9 Å². The molecular formula is C26H18ClF3N6O3. The lowest BCUT2D eigenvalue weighted by Gasteiger charge is -2.15. The third-order valence-corrected chi connectivity index (χ3v) is 6.10. The lowest BCUT2D eigenvalue weighted by molar-refractivity contribution is -0.137. The highest BCUT2D eigenvalue weighted by atomic mass is 35.5. The highest BCUT2D eigenvalue weighted by Gasteiger charge is 2.36. The Balaban J connectivity index is 1.63. The van der Waals surface area contributed by atoms with Crippen molar-refractivity contribution in [3.05, 3.63) is 94.9 Å². The summed E-state index contributed by atoms with van der Waals surface area (Å²) < 4.78 is 42.8. The van der Waals surface area contributed by atoms with Gasteiger partial charge in [0.05, 0.1) is 28.4 Å². The number of aliphatic hydroxyl groups is 2. The highest BCUT2D eigenvalue weighted by molar-refractivity contribution is 6.34. The van der Waals surface area contributed by atoms with E-state index in [1.54, 1.807) is 30.3 Å². The van der Waals surface area contributed by atoms with Crippen molar-refractivity contribution < 1.29 is 28.2 Å². The lowest BCUT2D eigenvalue weighted by Crippen LogP contribution is -2.17. The maximum atomic E-state index is 13.8. The number of hydrogen-bond donors (Lipinski definition) is 3. The van der Waals surface area contributed by atoms with Gasteiger partial charge in [-0.1, -0.05) is 29.8 Å². The van der Waals surface area contributed by atoms with Crippen LogP contribution in [-0.4, -0.2) is 47.5 Å². The molecule has 9 nitrogen and oxygen atoms in total. The van der Waals surface area contributed by atoms with Crippen LogP contribution in [0.3, 0.4) is 0 Å². The molecule has 39 heavy (non-hydrogen) atoms. The summed E-state index contributed by atoms with van der Waals surface area (Å²) >= 11 is 6.19. The van der Waals surface area contributed by atoms with Gasteiger partial charge in [0.25, 0.3) is 5.91 Å². The van der Waals surface area contributed by atoms with Crippen LogP contribution in [0, 0.1) is 0 Å². The van der Waals surface area contributed by atoms with Crippen LogP contribution in [-0.2, 0) is 6.18 Å². The average molecular weight is 555 g/mol. The number of rotatable bonds is 6. The average Bonchev–Trinajstić information content (AvgIpc) is 3.30. The number of nitrogens with one attached hydrogen (secondary N) is 1. The number of benzene rings is 2. The van der Waals surface area contributed by atoms with E-state index in [9.17, 15) is 28.2 Å². The van der Waals surface area contributed by atoms with Crippen molar-refractivity contribution in [3.8, 4) is 17.1 Å². The predicted molar refractivity (Wildman–Crippen MR) is 136 cm³/mol. The first-order valence-corrected chi connectivity index (χ1v) is 11.8. The molecule has 0 aliphatic carbocycles. The van der Waals surface area contributed by atoms with Crippen molar-refractivity contribution in [1.82, 2.24) is 24.7 Å². The number of para-hydroxylation sites is 1. The van der Waals surface area contributed by atoms with Gasteiger partial charge >= 0.3 is 6.18 Å². The van der Waals surface area contributed by atoms with Gasteiger partial charge in [0.2, 0.25) is 0 Å². The molecule has 0 aliphatic rings. The second kappa shape index (κ2) is 10.4. The maximum Gasteiger partial charge on any atom is 0.417 e. The molecule has 1 amide bonds. The fourth-order valence-electron chi connectivity index (χ4n) is 3.92. The number of aliphatic hydroxyl groups excluding tert-OH is 2. The third-order valence-electron chi connectivity index (χ3n) is 5.79. The number of aromatic nitrogens is 5. The zero-order valence-electron chi connectivity index (χ0n) is 19.8. The number of anilines is 1. The molecule has 1 atom stereocenters. The number of fused-ring (bicyclic) bond motifs is 1. The second-order valence-electron chi connectivity index (χ2n) is 8.33. The molecule has 0 saturated heterocycles. The summed E-state index contributed by atoms with van der Waals surface area (Å²) in [7, 11) is 0. The van der Waals surface area contributed by atoms with Gasteiger partial charge in [-0.15, -0.1) is 0 Å². The normalized spacial score (nSPS) is 12.5. The number of hydrogen-bond acceptors (Lipinski definition) is 7. The summed E-state index contributed by atoms with van der Waals surface area (Å²) in [6, 6.07) is 13.3. The van der Waals surface area contributed by atoms with Crippen molar-refractivity contribution >= 4 is 34.4 Å². The smallest absolute Gasteiger partial charge is 0.393 e. The van der Waals surface area contributed by atoms with Gasteiger partial charge in [0, 0.05) is 29.7 Å². The standard InChI is InChI=1S/C26H18ClF3N6O3/c27-19-11-18(26(28,29)30)16(23-31-7-4-8-32-23)10-17(19)25(39)34-24-22-20(9-14(12-33-22)21(38)13-37)35-36(24)15-5-2-1-3-6-15/h1-12,21,37-38H,13H2,(H,34,39)/t21-/m1/s1. The van der Waals surface area contributed by atoms with Crippen molar-refractivity contribution in [3.63, 3.8) is 0 Å². The fraction of sp³-hybridized carbons (Fsp3) is 0.115. The summed E-state index contributed by atoms with van der Waals surface area (Å²) in [6.07, 6.45) is -2.07. The topological polar surface area (TPSA) is 126 Å². The summed E-state index contributed by atoms with van der Waals surface area (Å²) in [5, 5.41) is 26.0. The Kier molecular flexibility index (Phi) is 7.00. The molecule has 0 saturated carbocycles. The number of carbonyl (C=O) groups excluding carboxylic acids is 1. The number of halogens is 4. The van der Waals surface area contributed by atoms with E-state index in [0.29, 0.717) is 17.3 Å². The molecule has 2 aromatic carbocycles. The molecule has 3 N–H and O–H groups in total. The molecule has 13 heteroatoms. The minimum absolute atomic E-state index is 0.111. The van der Waals surface area contributed by atoms with E-state index in [0.717, 1.165) is 6.07 Å². The third kappa shape index (κ3) is 5.17. The van der Waals surface area contributed by atoms with Crippen molar-refractivity contribution in [2.24, 2.45) is 0 Å². The number of pyridine rings is 1. The quantitative estimate of drug-likeness (QED) is 0.274. The van der Waals surface area contributed by atoms with Crippen molar-refractivity contribution in [1.29, 1.82) is 0 Å². The summed E-state index contributed by atoms with van der Waals surface area (Å²) in [5.41, 5.74) is -0.391. The van der Waals surface area contributed by atoms with Gasteiger partial charge in [-0.3, -0.25) is 9.78 Å². The minimum Gasteiger partial charge on any atom is -0.393 e. The van der Waals surface area contributed by atoms with E-state index in [2.05, 4.69) is 25.4 Å². The molecule has 0 radical (unpaired) electrons. The molecule has 0 aliphatic heterocycles. The summed E-state index contributed by atoms with van der Waals surface area (Å²) in [4.78, 5) is 25.6. The van der Waals surface area contributed by atoms with Gasteiger partial charge in [-0.25, -0.2) is 14.6 Å². The zero-order chi connectivity index (χ0) is 27.7. The Morgan fingerprint density at radius 3 is 2.44 bits per heavy atom. The molecule has 3 aromatic heterocycles. The van der Waals surface area contributed by atoms with Crippen LogP contribution >= 0.6 is 11.6 Å². The number of alkyl halides is 3. The fourth-order valence-corrected chi connectivity index (χ4v) is 4.17. The highest BCUT2D eigenvalue weighted by Crippen LogP contribution is 2.39. The van der Waals surface area contributed by atoms with Crippen LogP contribution in [0.2, 0.25) is 5.02 Å². The Bertz CT molecular complexity index is 1660. The van der Waals surface area contributed by atoms with Crippen LogP contribution in [0.25, 0.3) is 28.1 Å². The summed E-state index contributed by atoms with van der Waals surface area (Å²) in [6.45, 7) is -0.532. The molecule has 0 spiro atoms. The van der Waals surface area contributed by atoms with E-state index in [-0.39, 0.29) is 28.2 Å². The van der Waals surface area contributed by atoms with E-state index in [4.69, 9.17) is 11.6 Å². The molecule has 198 valence electrons. The van der Waals surface area contributed by atoms with Gasteiger partial charge in [0.1, 0.15) is 17.1 Å². The molecule has 5 rings (SSSR count). The Morgan fingerprint density at radius 2 is 1.77 bits per heavy atom. The molecule has 3 heterocycles. The lowest BCUT2D eigenvalue weighted by atomic mass is 10.0. The van der Waals surface area contributed by atoms with E-state index >= 15 is 0 Å². The zero-order valence-corrected chi connectivity index (χ0v) is 20.5. The SMILES string of the molecule is O=C(Nc1c2ncc([C@H](O)CO)cc2nn1-c1ccccc1)c1cc(-c2ncccn2)c(C(F)(F)F)cc1Cl. The Labute approximate surface area is 223 Å². The van der Waals surface area contributed by atoms with Crippen LogP contribution in [0.4, 0.5) is 19.0 Å². The molecule has 5 aromatic rings. The van der Waals surface area contributed by atoms with Crippen LogP contribution in [0.15, 0.2) is 73.2 Å². The van der Waals surface area contributed by atoms with Gasteiger partial charge in [-0.05, 0) is 36.4 Å². The number of carbonyl (C=O) groups is 1. The largest absolute Gasteiger partial charge is 0.417 e. The minimum atomic E-state index is -4.78. The summed E-state index contributed by atoms with van der Waals surface area (Å²) in [5.74, 6) is -0.946. The van der Waals surface area contributed by atoms with Gasteiger partial charge in [-0.2, -0.15) is 18.3 Å². The first-order valence-electron chi connectivity index (χ1n) is 11.4. The molecule has 0 bridgehead atoms. The monoisotopic (exact) mass is 554 g/mol. The van der Waals surface area contributed by atoms with E-state index in [1.165, 1.54) is 35.4 Å². The first kappa shape index (κ1) is 26.2. The van der Waals surface area contributed by atoms with Gasteiger partial charge in [0.15, 0.2) is 11.6 Å². The first-order chi connectivity index (χ1) is 18.7. The van der Waals surface area contributed by atoms with Crippen LogP contribution < -0.4 is 5.32 Å². The van der Waals surface area contributed by atoms with E-state index in [1.807, 2.05) is 0 Å². The van der Waals surface area contributed by atoms with Crippen LogP contribution in [0.5, 0.6) is 0 Å². The van der Waals surface area contributed by atoms with Crippen molar-refractivity contribution in [2.45, 2.75) is 12.3 Å².